The Morgan fingerprint density at radius 1 is 1.39 bits per heavy atom. The minimum atomic E-state index is -1.20. The topological polar surface area (TPSA) is 67.2 Å². The largest absolute Gasteiger partial charge is 0.478 e. The predicted molar refractivity (Wildman–Crippen MR) is 94.8 cm³/mol. The molecule has 1 aromatic heterocycles. The molecule has 1 heterocycles. The highest BCUT2D eigenvalue weighted by molar-refractivity contribution is 14.1. The van der Waals surface area contributed by atoms with Gasteiger partial charge in [-0.05, 0) is 59.3 Å². The minimum absolute atomic E-state index is 0.0759. The summed E-state index contributed by atoms with van der Waals surface area (Å²) >= 11 is 2.18. The van der Waals surface area contributed by atoms with Crippen LogP contribution in [0, 0.1) is 16.3 Å². The molecule has 0 fully saturated rings. The van der Waals surface area contributed by atoms with E-state index in [1.807, 2.05) is 19.1 Å². The maximum absolute atomic E-state index is 14.8. The van der Waals surface area contributed by atoms with E-state index in [1.165, 1.54) is 12.4 Å². The number of aryl methyl sites for hydroxylation is 2. The first-order valence-electron chi connectivity index (χ1n) is 6.78. The second-order valence-corrected chi connectivity index (χ2v) is 6.47. The van der Waals surface area contributed by atoms with Crippen LogP contribution in [0.15, 0.2) is 30.6 Å². The molecule has 0 aliphatic carbocycles. The highest BCUT2D eigenvalue weighted by Crippen LogP contribution is 2.32. The molecule has 3 aromatic rings. The molecule has 0 saturated carbocycles. The van der Waals surface area contributed by atoms with Crippen molar-refractivity contribution in [1.82, 2.24) is 9.55 Å². The zero-order chi connectivity index (χ0) is 16.7. The third-order valence-electron chi connectivity index (χ3n) is 3.64. The Morgan fingerprint density at radius 3 is 2.78 bits per heavy atom. The smallest absolute Gasteiger partial charge is 0.338 e. The van der Waals surface area contributed by atoms with Gasteiger partial charge in [-0.25, -0.2) is 14.2 Å². The fourth-order valence-corrected chi connectivity index (χ4v) is 3.06. The van der Waals surface area contributed by atoms with Gasteiger partial charge in [-0.2, -0.15) is 0 Å². The summed E-state index contributed by atoms with van der Waals surface area (Å²) in [5.41, 5.74) is 1.92. The van der Waals surface area contributed by atoms with E-state index in [0.717, 1.165) is 9.13 Å². The van der Waals surface area contributed by atoms with Crippen molar-refractivity contribution in [2.24, 2.45) is 7.05 Å². The summed E-state index contributed by atoms with van der Waals surface area (Å²) in [5.74, 6) is -1.86. The first kappa shape index (κ1) is 15.7. The maximum Gasteiger partial charge on any atom is 0.338 e. The number of imidazole rings is 1. The molecule has 0 amide bonds. The highest BCUT2D eigenvalue weighted by Gasteiger charge is 2.21. The molecule has 0 atom stereocenters. The Kier molecular flexibility index (Phi) is 3.97. The quantitative estimate of drug-likeness (QED) is 0.622. The molecule has 23 heavy (non-hydrogen) atoms. The highest BCUT2D eigenvalue weighted by atomic mass is 127. The van der Waals surface area contributed by atoms with Crippen LogP contribution in [0.4, 0.5) is 15.8 Å². The lowest BCUT2D eigenvalue weighted by molar-refractivity contribution is 0.0697. The number of anilines is 2. The molecular weight excluding hydrogens is 412 g/mol. The molecule has 0 radical (unpaired) electrons. The number of hydrogen-bond acceptors (Lipinski definition) is 3. The van der Waals surface area contributed by atoms with E-state index in [0.29, 0.717) is 11.2 Å². The first-order chi connectivity index (χ1) is 10.9. The molecule has 5 nitrogen and oxygen atoms in total. The number of carbonyl (C=O) groups is 1. The molecular formula is C16H13FIN3O2. The summed E-state index contributed by atoms with van der Waals surface area (Å²) in [6.45, 7) is 1.88. The van der Waals surface area contributed by atoms with Crippen LogP contribution in [0.1, 0.15) is 15.9 Å². The second-order valence-electron chi connectivity index (χ2n) is 5.23. The zero-order valence-corrected chi connectivity index (χ0v) is 14.6. The number of fused-ring (bicyclic) bond motifs is 1. The average molecular weight is 425 g/mol. The van der Waals surface area contributed by atoms with Crippen molar-refractivity contribution in [2.45, 2.75) is 6.92 Å². The van der Waals surface area contributed by atoms with Crippen molar-refractivity contribution in [2.75, 3.05) is 5.32 Å². The van der Waals surface area contributed by atoms with Gasteiger partial charge in [0.15, 0.2) is 5.82 Å². The fraction of sp³-hybridized carbons (Fsp3) is 0.125. The molecule has 118 valence electrons. The van der Waals surface area contributed by atoms with Gasteiger partial charge in [-0.15, -0.1) is 0 Å². The molecule has 0 aliphatic rings. The molecule has 0 bridgehead atoms. The molecule has 2 aromatic carbocycles. The number of hydrogen-bond donors (Lipinski definition) is 2. The van der Waals surface area contributed by atoms with Crippen molar-refractivity contribution in [3.63, 3.8) is 0 Å². The SMILES string of the molecule is Cc1cc(I)ccc1Nc1c(C(=O)O)cc2c(ncn2C)c1F. The van der Waals surface area contributed by atoms with Crippen LogP contribution in [-0.4, -0.2) is 20.6 Å². The number of nitrogens with one attached hydrogen (secondary N) is 1. The number of aromatic nitrogens is 2. The van der Waals surface area contributed by atoms with Crippen molar-refractivity contribution in [3.05, 3.63) is 51.1 Å². The number of rotatable bonds is 3. The van der Waals surface area contributed by atoms with Crippen LogP contribution < -0.4 is 5.32 Å². The van der Waals surface area contributed by atoms with E-state index in [-0.39, 0.29) is 16.8 Å². The van der Waals surface area contributed by atoms with Gasteiger partial charge in [-0.3, -0.25) is 0 Å². The molecule has 3 rings (SSSR count). The summed E-state index contributed by atoms with van der Waals surface area (Å²) in [6, 6.07) is 7.02. The first-order valence-corrected chi connectivity index (χ1v) is 7.86. The Labute approximate surface area is 145 Å². The van der Waals surface area contributed by atoms with E-state index in [1.54, 1.807) is 17.7 Å². The van der Waals surface area contributed by atoms with Gasteiger partial charge in [0.2, 0.25) is 0 Å². The van der Waals surface area contributed by atoms with Gasteiger partial charge >= 0.3 is 5.97 Å². The number of halogens is 2. The predicted octanol–water partition coefficient (Wildman–Crippen LogP) is 4.07. The van der Waals surface area contributed by atoms with Crippen LogP contribution in [0.3, 0.4) is 0 Å². The summed E-state index contributed by atoms with van der Waals surface area (Å²) in [6.07, 6.45) is 1.46. The Bertz CT molecular complexity index is 937. The fourth-order valence-electron chi connectivity index (χ4n) is 2.42. The molecule has 7 heteroatoms. The van der Waals surface area contributed by atoms with Gasteiger partial charge in [0, 0.05) is 16.3 Å². The van der Waals surface area contributed by atoms with Crippen LogP contribution in [0.5, 0.6) is 0 Å². The van der Waals surface area contributed by atoms with Gasteiger partial charge in [0.25, 0.3) is 0 Å². The van der Waals surface area contributed by atoms with Crippen LogP contribution in [0.25, 0.3) is 11.0 Å². The number of nitrogens with zero attached hydrogens (tertiary/aromatic N) is 2. The van der Waals surface area contributed by atoms with Gasteiger partial charge in [0.1, 0.15) is 5.52 Å². The van der Waals surface area contributed by atoms with Gasteiger partial charge in [-0.1, -0.05) is 0 Å². The maximum atomic E-state index is 14.8. The van der Waals surface area contributed by atoms with E-state index < -0.39 is 11.8 Å². The van der Waals surface area contributed by atoms with Crippen molar-refractivity contribution >= 4 is 51.0 Å². The number of carboxylic acids is 1. The summed E-state index contributed by atoms with van der Waals surface area (Å²) in [4.78, 5) is 15.6. The lowest BCUT2D eigenvalue weighted by Gasteiger charge is -2.14. The van der Waals surface area contributed by atoms with E-state index >= 15 is 0 Å². The standard InChI is InChI=1S/C16H13FIN3O2/c1-8-5-9(18)3-4-11(8)20-14-10(16(22)23)6-12-15(13(14)17)19-7-21(12)2/h3-7,20H,1-2H3,(H,22,23). The number of aromatic carboxylic acids is 1. The van der Waals surface area contributed by atoms with Crippen molar-refractivity contribution in [1.29, 1.82) is 0 Å². The molecule has 0 aliphatic heterocycles. The monoisotopic (exact) mass is 425 g/mol. The van der Waals surface area contributed by atoms with Crippen LogP contribution in [0.2, 0.25) is 0 Å². The zero-order valence-electron chi connectivity index (χ0n) is 12.4. The van der Waals surface area contributed by atoms with Gasteiger partial charge < -0.3 is 15.0 Å². The van der Waals surface area contributed by atoms with E-state index in [4.69, 9.17) is 0 Å². The van der Waals surface area contributed by atoms with E-state index in [9.17, 15) is 14.3 Å². The Hall–Kier alpha value is -2.16. The number of carboxylic acid groups (broad SMARTS) is 1. The number of benzene rings is 2. The minimum Gasteiger partial charge on any atom is -0.478 e. The van der Waals surface area contributed by atoms with E-state index in [2.05, 4.69) is 32.9 Å². The molecule has 0 unspecified atom stereocenters. The average Bonchev–Trinajstić information content (AvgIpc) is 2.85. The summed E-state index contributed by atoms with van der Waals surface area (Å²) in [7, 11) is 1.69. The second kappa shape index (κ2) is 5.80. The summed E-state index contributed by atoms with van der Waals surface area (Å²) < 4.78 is 17.4. The lowest BCUT2D eigenvalue weighted by atomic mass is 10.1. The molecule has 0 saturated heterocycles. The van der Waals surface area contributed by atoms with Crippen LogP contribution >= 0.6 is 22.6 Å². The Balaban J connectivity index is 2.21. The summed E-state index contributed by atoms with van der Waals surface area (Å²) in [5, 5.41) is 12.3. The molecule has 2 N–H and O–H groups in total. The Morgan fingerprint density at radius 2 is 2.13 bits per heavy atom. The normalized spacial score (nSPS) is 11.0. The van der Waals surface area contributed by atoms with Crippen LogP contribution in [-0.2, 0) is 7.05 Å². The van der Waals surface area contributed by atoms with Crippen molar-refractivity contribution < 1.29 is 14.3 Å². The van der Waals surface area contributed by atoms with Gasteiger partial charge in [0.05, 0.1) is 23.1 Å². The van der Waals surface area contributed by atoms with Crippen molar-refractivity contribution in [3.8, 4) is 0 Å². The molecule has 0 spiro atoms. The lowest BCUT2D eigenvalue weighted by Crippen LogP contribution is -2.07. The third-order valence-corrected chi connectivity index (χ3v) is 4.31. The third kappa shape index (κ3) is 2.76.